The van der Waals surface area contributed by atoms with Crippen molar-refractivity contribution in [2.45, 2.75) is 13.0 Å². The molecular formula is C16H14F2N2. The van der Waals surface area contributed by atoms with Gasteiger partial charge in [-0.25, -0.2) is 8.78 Å². The van der Waals surface area contributed by atoms with E-state index >= 15 is 0 Å². The second-order valence-electron chi connectivity index (χ2n) is 4.58. The number of hydrogen-bond acceptors (Lipinski definition) is 2. The molecule has 0 aliphatic rings. The quantitative estimate of drug-likeness (QED) is 0.922. The molecule has 0 fully saturated rings. The molecule has 0 saturated carbocycles. The maximum absolute atomic E-state index is 13.6. The van der Waals surface area contributed by atoms with Crippen LogP contribution >= 0.6 is 0 Å². The lowest BCUT2D eigenvalue weighted by Gasteiger charge is -2.16. The van der Waals surface area contributed by atoms with Gasteiger partial charge in [0, 0.05) is 6.04 Å². The third-order valence-electron chi connectivity index (χ3n) is 3.25. The molecule has 0 aliphatic heterocycles. The summed E-state index contributed by atoms with van der Waals surface area (Å²) in [4.78, 5) is 0. The average Bonchev–Trinajstić information content (AvgIpc) is 2.45. The molecular weight excluding hydrogens is 258 g/mol. The van der Waals surface area contributed by atoms with Crippen LogP contribution in [0.4, 0.5) is 8.78 Å². The molecule has 0 amide bonds. The van der Waals surface area contributed by atoms with Crippen LogP contribution in [0, 0.1) is 23.0 Å². The van der Waals surface area contributed by atoms with E-state index in [9.17, 15) is 8.78 Å². The molecule has 0 aliphatic carbocycles. The lowest BCUT2D eigenvalue weighted by Crippen LogP contribution is -2.13. The van der Waals surface area contributed by atoms with Gasteiger partial charge in [0.1, 0.15) is 11.6 Å². The topological polar surface area (TPSA) is 35.8 Å². The van der Waals surface area contributed by atoms with Crippen LogP contribution in [-0.4, -0.2) is 7.05 Å². The van der Waals surface area contributed by atoms with Crippen molar-refractivity contribution in [3.05, 3.63) is 59.2 Å². The van der Waals surface area contributed by atoms with E-state index in [0.717, 1.165) is 11.6 Å². The van der Waals surface area contributed by atoms with Crippen LogP contribution in [0.25, 0.3) is 11.1 Å². The average molecular weight is 272 g/mol. The number of nitrogens with one attached hydrogen (secondary N) is 1. The number of hydrogen-bond donors (Lipinski definition) is 1. The van der Waals surface area contributed by atoms with E-state index in [-0.39, 0.29) is 11.6 Å². The molecule has 1 atom stereocenters. The zero-order valence-corrected chi connectivity index (χ0v) is 11.2. The minimum Gasteiger partial charge on any atom is -0.313 e. The molecule has 1 N–H and O–H groups in total. The first-order chi connectivity index (χ1) is 9.55. The summed E-state index contributed by atoms with van der Waals surface area (Å²) in [6.45, 7) is 1.93. The molecule has 2 aromatic carbocycles. The largest absolute Gasteiger partial charge is 0.313 e. The molecule has 0 aromatic heterocycles. The minimum absolute atomic E-state index is 0.0144. The Hall–Kier alpha value is -2.25. The van der Waals surface area contributed by atoms with Crippen molar-refractivity contribution in [3.8, 4) is 17.2 Å². The maximum atomic E-state index is 13.6. The molecule has 102 valence electrons. The van der Waals surface area contributed by atoms with Crippen LogP contribution in [0.1, 0.15) is 24.1 Å². The van der Waals surface area contributed by atoms with Gasteiger partial charge in [-0.05, 0) is 61.0 Å². The summed E-state index contributed by atoms with van der Waals surface area (Å²) in [7, 11) is 1.80. The normalized spacial score (nSPS) is 11.9. The molecule has 1 unspecified atom stereocenters. The second-order valence-corrected chi connectivity index (χ2v) is 4.58. The van der Waals surface area contributed by atoms with Gasteiger partial charge in [0.05, 0.1) is 11.6 Å². The molecule has 2 aromatic rings. The lowest BCUT2D eigenvalue weighted by molar-refractivity contribution is 0.618. The highest BCUT2D eigenvalue weighted by atomic mass is 19.1. The molecule has 2 rings (SSSR count). The standard InChI is InChI=1S/C16H14F2N2/c1-10(20-2)15-4-3-13(17)8-16(15)12-5-11(9-19)6-14(18)7-12/h3-8,10,20H,1-2H3. The van der Waals surface area contributed by atoms with Gasteiger partial charge in [0.2, 0.25) is 0 Å². The second kappa shape index (κ2) is 5.81. The van der Waals surface area contributed by atoms with Crippen LogP contribution < -0.4 is 5.32 Å². The first kappa shape index (κ1) is 14.2. The van der Waals surface area contributed by atoms with Gasteiger partial charge in [-0.2, -0.15) is 5.26 Å². The van der Waals surface area contributed by atoms with E-state index in [0.29, 0.717) is 11.1 Å². The zero-order chi connectivity index (χ0) is 14.7. The molecule has 0 radical (unpaired) electrons. The van der Waals surface area contributed by atoms with Gasteiger partial charge >= 0.3 is 0 Å². The number of nitrogens with zero attached hydrogens (tertiary/aromatic N) is 1. The Morgan fingerprint density at radius 1 is 1.10 bits per heavy atom. The Morgan fingerprint density at radius 2 is 1.85 bits per heavy atom. The van der Waals surface area contributed by atoms with Gasteiger partial charge in [-0.1, -0.05) is 6.07 Å². The summed E-state index contributed by atoms with van der Waals surface area (Å²) in [6.07, 6.45) is 0. The van der Waals surface area contributed by atoms with Crippen molar-refractivity contribution in [2.75, 3.05) is 7.05 Å². The monoisotopic (exact) mass is 272 g/mol. The Labute approximate surface area is 116 Å². The van der Waals surface area contributed by atoms with Crippen LogP contribution in [-0.2, 0) is 0 Å². The van der Waals surface area contributed by atoms with Gasteiger partial charge in [0.15, 0.2) is 0 Å². The van der Waals surface area contributed by atoms with Gasteiger partial charge in [-0.15, -0.1) is 0 Å². The SMILES string of the molecule is CNC(C)c1ccc(F)cc1-c1cc(F)cc(C#N)c1. The summed E-state index contributed by atoms with van der Waals surface area (Å²) >= 11 is 0. The fourth-order valence-electron chi connectivity index (χ4n) is 2.12. The lowest BCUT2D eigenvalue weighted by atomic mass is 9.94. The number of rotatable bonds is 3. The van der Waals surface area contributed by atoms with Crippen LogP contribution in [0.3, 0.4) is 0 Å². The summed E-state index contributed by atoms with van der Waals surface area (Å²) in [5.74, 6) is -0.902. The van der Waals surface area contributed by atoms with Gasteiger partial charge in [0.25, 0.3) is 0 Å². The highest BCUT2D eigenvalue weighted by Crippen LogP contribution is 2.30. The molecule has 0 spiro atoms. The molecule has 0 saturated heterocycles. The van der Waals surface area contributed by atoms with E-state index < -0.39 is 11.6 Å². The van der Waals surface area contributed by atoms with Crippen molar-refractivity contribution in [2.24, 2.45) is 0 Å². The summed E-state index contributed by atoms with van der Waals surface area (Å²) in [5.41, 5.74) is 2.15. The van der Waals surface area contributed by atoms with Crippen molar-refractivity contribution in [3.63, 3.8) is 0 Å². The van der Waals surface area contributed by atoms with Crippen LogP contribution in [0.15, 0.2) is 36.4 Å². The van der Waals surface area contributed by atoms with Gasteiger partial charge in [-0.3, -0.25) is 0 Å². The van der Waals surface area contributed by atoms with E-state index in [2.05, 4.69) is 5.32 Å². The predicted molar refractivity (Wildman–Crippen MR) is 74.0 cm³/mol. The van der Waals surface area contributed by atoms with Crippen molar-refractivity contribution in [1.29, 1.82) is 5.26 Å². The Kier molecular flexibility index (Phi) is 4.11. The van der Waals surface area contributed by atoms with Crippen molar-refractivity contribution < 1.29 is 8.78 Å². The molecule has 20 heavy (non-hydrogen) atoms. The Bertz CT molecular complexity index is 675. The summed E-state index contributed by atoms with van der Waals surface area (Å²) in [5, 5.41) is 12.0. The van der Waals surface area contributed by atoms with E-state index in [1.807, 2.05) is 13.0 Å². The molecule has 2 nitrogen and oxygen atoms in total. The van der Waals surface area contributed by atoms with Crippen molar-refractivity contribution in [1.82, 2.24) is 5.32 Å². The molecule has 0 bridgehead atoms. The maximum Gasteiger partial charge on any atom is 0.125 e. The van der Waals surface area contributed by atoms with Crippen molar-refractivity contribution >= 4 is 0 Å². The first-order valence-corrected chi connectivity index (χ1v) is 6.23. The van der Waals surface area contributed by atoms with E-state index in [4.69, 9.17) is 5.26 Å². The zero-order valence-electron chi connectivity index (χ0n) is 11.2. The molecule has 0 heterocycles. The fraction of sp³-hybridized carbons (Fsp3) is 0.188. The van der Waals surface area contributed by atoms with Crippen LogP contribution in [0.2, 0.25) is 0 Å². The number of nitriles is 1. The van der Waals surface area contributed by atoms with Crippen LogP contribution in [0.5, 0.6) is 0 Å². The van der Waals surface area contributed by atoms with E-state index in [1.54, 1.807) is 19.2 Å². The Morgan fingerprint density at radius 3 is 2.50 bits per heavy atom. The first-order valence-electron chi connectivity index (χ1n) is 6.23. The Balaban J connectivity index is 2.65. The summed E-state index contributed by atoms with van der Waals surface area (Å²) < 4.78 is 27.1. The highest BCUT2D eigenvalue weighted by Gasteiger charge is 2.13. The number of benzene rings is 2. The summed E-state index contributed by atoms with van der Waals surface area (Å²) in [6, 6.07) is 10.3. The van der Waals surface area contributed by atoms with E-state index in [1.165, 1.54) is 18.2 Å². The fourth-order valence-corrected chi connectivity index (χ4v) is 2.12. The third-order valence-corrected chi connectivity index (χ3v) is 3.25. The predicted octanol–water partition coefficient (Wildman–Crippen LogP) is 3.78. The highest BCUT2D eigenvalue weighted by molar-refractivity contribution is 5.69. The molecule has 4 heteroatoms. The third kappa shape index (κ3) is 2.84. The number of halogens is 2. The minimum atomic E-state index is -0.508. The smallest absolute Gasteiger partial charge is 0.125 e. The van der Waals surface area contributed by atoms with Gasteiger partial charge < -0.3 is 5.32 Å².